The van der Waals surface area contributed by atoms with Gasteiger partial charge in [-0.05, 0) is 19.8 Å². The Balaban J connectivity index is 2.61. The highest BCUT2D eigenvalue weighted by atomic mass is 16.5. The Labute approximate surface area is 103 Å². The van der Waals surface area contributed by atoms with Crippen molar-refractivity contribution in [3.8, 4) is 0 Å². The van der Waals surface area contributed by atoms with E-state index in [-0.39, 0.29) is 23.2 Å². The molecule has 0 aromatic heterocycles. The van der Waals surface area contributed by atoms with Gasteiger partial charge in [0.2, 0.25) is 5.91 Å². The van der Waals surface area contributed by atoms with E-state index in [0.717, 1.165) is 19.4 Å². The molecule has 1 amide bonds. The Bertz CT molecular complexity index is 294. The van der Waals surface area contributed by atoms with Gasteiger partial charge >= 0.3 is 5.97 Å². The number of hydrogen-bond acceptors (Lipinski definition) is 3. The fourth-order valence-electron chi connectivity index (χ4n) is 2.09. The van der Waals surface area contributed by atoms with Gasteiger partial charge < -0.3 is 9.64 Å². The van der Waals surface area contributed by atoms with Gasteiger partial charge in [-0.2, -0.15) is 0 Å². The highest BCUT2D eigenvalue weighted by molar-refractivity contribution is 5.82. The van der Waals surface area contributed by atoms with Gasteiger partial charge in [0.25, 0.3) is 0 Å². The lowest BCUT2D eigenvalue weighted by atomic mass is 9.91. The maximum absolute atomic E-state index is 12.1. The normalized spacial score (nSPS) is 21.2. The number of carbonyl (C=O) groups excluding carboxylic acids is 2. The monoisotopic (exact) mass is 241 g/mol. The van der Waals surface area contributed by atoms with Gasteiger partial charge in [0.05, 0.1) is 12.5 Å². The number of likely N-dealkylation sites (tertiary alicyclic amines) is 1. The number of esters is 1. The first-order chi connectivity index (χ1) is 7.86. The molecule has 98 valence electrons. The van der Waals surface area contributed by atoms with Crippen molar-refractivity contribution in [2.45, 2.75) is 40.5 Å². The van der Waals surface area contributed by atoms with Gasteiger partial charge in [-0.15, -0.1) is 0 Å². The molecule has 1 aliphatic heterocycles. The Hall–Kier alpha value is -1.06. The summed E-state index contributed by atoms with van der Waals surface area (Å²) < 4.78 is 5.02. The first-order valence-electron chi connectivity index (χ1n) is 6.32. The number of carbonyl (C=O) groups is 2. The van der Waals surface area contributed by atoms with Crippen LogP contribution in [0.25, 0.3) is 0 Å². The smallest absolute Gasteiger partial charge is 0.310 e. The minimum atomic E-state index is -0.378. The highest BCUT2D eigenvalue weighted by Crippen LogP contribution is 2.24. The third-order valence-corrected chi connectivity index (χ3v) is 2.97. The van der Waals surface area contributed by atoms with Gasteiger partial charge in [0, 0.05) is 18.5 Å². The number of piperidine rings is 1. The number of nitrogens with zero attached hydrogens (tertiary/aromatic N) is 1. The van der Waals surface area contributed by atoms with Gasteiger partial charge in [-0.1, -0.05) is 20.8 Å². The Morgan fingerprint density at radius 1 is 1.35 bits per heavy atom. The molecule has 1 aliphatic rings. The summed E-state index contributed by atoms with van der Waals surface area (Å²) >= 11 is 0. The molecule has 17 heavy (non-hydrogen) atoms. The maximum atomic E-state index is 12.1. The third kappa shape index (κ3) is 3.72. The summed E-state index contributed by atoms with van der Waals surface area (Å²) in [5.74, 6) is -0.194. The molecule has 1 fully saturated rings. The van der Waals surface area contributed by atoms with Crippen molar-refractivity contribution in [1.29, 1.82) is 0 Å². The molecule has 0 saturated carbocycles. The molecule has 0 N–H and O–H groups in total. The second-order valence-electron chi connectivity index (χ2n) is 5.59. The number of hydrogen-bond donors (Lipinski definition) is 0. The van der Waals surface area contributed by atoms with Crippen LogP contribution in [0.2, 0.25) is 0 Å². The molecule has 0 aromatic rings. The van der Waals surface area contributed by atoms with E-state index in [1.807, 2.05) is 20.8 Å². The summed E-state index contributed by atoms with van der Waals surface area (Å²) in [5.41, 5.74) is -0.378. The first-order valence-corrected chi connectivity index (χ1v) is 6.32. The molecule has 1 atom stereocenters. The van der Waals surface area contributed by atoms with Crippen molar-refractivity contribution in [2.24, 2.45) is 11.3 Å². The average molecular weight is 241 g/mol. The van der Waals surface area contributed by atoms with Crippen molar-refractivity contribution in [1.82, 2.24) is 4.90 Å². The lowest BCUT2D eigenvalue weighted by molar-refractivity contribution is -0.152. The van der Waals surface area contributed by atoms with Gasteiger partial charge in [-0.25, -0.2) is 0 Å². The quantitative estimate of drug-likeness (QED) is 0.693. The molecule has 1 rings (SSSR count). The molecule has 1 heterocycles. The topological polar surface area (TPSA) is 46.6 Å². The molecule has 0 aromatic carbocycles. The van der Waals surface area contributed by atoms with Gasteiger partial charge in [-0.3, -0.25) is 9.59 Å². The molecule has 0 bridgehead atoms. The van der Waals surface area contributed by atoms with Crippen LogP contribution in [0.15, 0.2) is 0 Å². The van der Waals surface area contributed by atoms with Crippen molar-refractivity contribution >= 4 is 11.9 Å². The van der Waals surface area contributed by atoms with Gasteiger partial charge in [0.15, 0.2) is 0 Å². The van der Waals surface area contributed by atoms with E-state index < -0.39 is 0 Å². The predicted molar refractivity (Wildman–Crippen MR) is 65.4 cm³/mol. The fraction of sp³-hybridized carbons (Fsp3) is 0.846. The molecule has 0 radical (unpaired) electrons. The zero-order valence-corrected chi connectivity index (χ0v) is 11.3. The first kappa shape index (κ1) is 14.0. The second-order valence-corrected chi connectivity index (χ2v) is 5.59. The molecular formula is C13H23NO3. The van der Waals surface area contributed by atoms with E-state index in [2.05, 4.69) is 0 Å². The van der Waals surface area contributed by atoms with E-state index in [0.29, 0.717) is 13.2 Å². The van der Waals surface area contributed by atoms with E-state index >= 15 is 0 Å². The summed E-state index contributed by atoms with van der Waals surface area (Å²) in [6.45, 7) is 9.19. The Kier molecular flexibility index (Phi) is 4.54. The summed E-state index contributed by atoms with van der Waals surface area (Å²) in [6.07, 6.45) is 1.71. The van der Waals surface area contributed by atoms with Crippen LogP contribution in [0.1, 0.15) is 40.5 Å². The van der Waals surface area contributed by atoms with E-state index in [1.54, 1.807) is 11.8 Å². The van der Waals surface area contributed by atoms with Crippen molar-refractivity contribution in [3.05, 3.63) is 0 Å². The number of rotatable bonds is 2. The molecule has 1 saturated heterocycles. The molecule has 0 unspecified atom stereocenters. The lowest BCUT2D eigenvalue weighted by Gasteiger charge is -2.35. The number of amides is 1. The molecule has 0 aliphatic carbocycles. The van der Waals surface area contributed by atoms with Crippen LogP contribution < -0.4 is 0 Å². The minimum absolute atomic E-state index is 0.117. The Morgan fingerprint density at radius 3 is 2.53 bits per heavy atom. The van der Waals surface area contributed by atoms with Crippen LogP contribution >= 0.6 is 0 Å². The largest absolute Gasteiger partial charge is 0.466 e. The van der Waals surface area contributed by atoms with Crippen molar-refractivity contribution in [3.63, 3.8) is 0 Å². The lowest BCUT2D eigenvalue weighted by Crippen LogP contribution is -2.47. The standard InChI is InChI=1S/C13H23NO3/c1-5-17-11(15)10-7-6-8-14(9-10)12(16)13(2,3)4/h10H,5-9H2,1-4H3/t10-/m0/s1. The van der Waals surface area contributed by atoms with Crippen molar-refractivity contribution in [2.75, 3.05) is 19.7 Å². The summed E-state index contributed by atoms with van der Waals surface area (Å²) in [4.78, 5) is 25.6. The molecule has 4 heteroatoms. The molecular weight excluding hydrogens is 218 g/mol. The maximum Gasteiger partial charge on any atom is 0.310 e. The van der Waals surface area contributed by atoms with Crippen molar-refractivity contribution < 1.29 is 14.3 Å². The zero-order chi connectivity index (χ0) is 13.1. The SMILES string of the molecule is CCOC(=O)[C@H]1CCCN(C(=O)C(C)(C)C)C1. The molecule has 0 spiro atoms. The average Bonchev–Trinajstić information content (AvgIpc) is 2.27. The Morgan fingerprint density at radius 2 is 2.00 bits per heavy atom. The predicted octanol–water partition coefficient (Wildman–Crippen LogP) is 1.83. The second kappa shape index (κ2) is 5.52. The van der Waals surface area contributed by atoms with Crippen LogP contribution in [0, 0.1) is 11.3 Å². The summed E-state index contributed by atoms with van der Waals surface area (Å²) in [7, 11) is 0. The third-order valence-electron chi connectivity index (χ3n) is 2.97. The van der Waals surface area contributed by atoms with Crippen LogP contribution in [-0.4, -0.2) is 36.5 Å². The van der Waals surface area contributed by atoms with E-state index in [9.17, 15) is 9.59 Å². The van der Waals surface area contributed by atoms with Crippen LogP contribution in [0.4, 0.5) is 0 Å². The fourth-order valence-corrected chi connectivity index (χ4v) is 2.09. The van der Waals surface area contributed by atoms with E-state index in [1.165, 1.54) is 0 Å². The zero-order valence-electron chi connectivity index (χ0n) is 11.3. The summed E-state index contributed by atoms with van der Waals surface area (Å²) in [5, 5.41) is 0. The highest BCUT2D eigenvalue weighted by Gasteiger charge is 2.33. The van der Waals surface area contributed by atoms with Crippen LogP contribution in [0.3, 0.4) is 0 Å². The summed E-state index contributed by atoms with van der Waals surface area (Å²) in [6, 6.07) is 0. The number of ether oxygens (including phenoxy) is 1. The van der Waals surface area contributed by atoms with Crippen LogP contribution in [-0.2, 0) is 14.3 Å². The molecule has 4 nitrogen and oxygen atoms in total. The minimum Gasteiger partial charge on any atom is -0.466 e. The van der Waals surface area contributed by atoms with Crippen LogP contribution in [0.5, 0.6) is 0 Å². The van der Waals surface area contributed by atoms with Gasteiger partial charge in [0.1, 0.15) is 0 Å². The van der Waals surface area contributed by atoms with E-state index in [4.69, 9.17) is 4.74 Å².